The van der Waals surface area contributed by atoms with Gasteiger partial charge in [0.1, 0.15) is 41.2 Å². The van der Waals surface area contributed by atoms with Crippen LogP contribution in [0.2, 0.25) is 19.6 Å². The van der Waals surface area contributed by atoms with E-state index in [1.807, 2.05) is 0 Å². The van der Waals surface area contributed by atoms with Gasteiger partial charge in [0.25, 0.3) is 0 Å². The highest BCUT2D eigenvalue weighted by molar-refractivity contribution is 7.91. The Kier molecular flexibility index (Phi) is 24.8. The van der Waals surface area contributed by atoms with Crippen molar-refractivity contribution >= 4 is 43.9 Å². The van der Waals surface area contributed by atoms with Crippen LogP contribution in [-0.2, 0) is 53.4 Å². The van der Waals surface area contributed by atoms with Gasteiger partial charge in [-0.05, 0) is 123 Å². The van der Waals surface area contributed by atoms with Crippen LogP contribution in [0.5, 0.6) is 0 Å². The molecule has 0 saturated carbocycles. The molecule has 1 atom stereocenters. The Bertz CT molecular complexity index is 4300. The zero-order valence-electron chi connectivity index (χ0n) is 47.5. The van der Waals surface area contributed by atoms with Crippen LogP contribution in [0.4, 0.5) is 52.7 Å². The number of benzene rings is 9. The minimum absolute atomic E-state index is 0. The molecule has 9 rings (SSSR count). The van der Waals surface area contributed by atoms with E-state index in [0.717, 1.165) is 42.5 Å². The summed E-state index contributed by atoms with van der Waals surface area (Å²) in [6.45, 7) is 3.69. The Hall–Kier alpha value is -8.20. The van der Waals surface area contributed by atoms with Gasteiger partial charge in [0.05, 0.1) is 38.6 Å². The average molecular weight is 1350 g/mol. The van der Waals surface area contributed by atoms with Crippen molar-refractivity contribution in [2.24, 2.45) is 0 Å². The molecule has 0 fully saturated rings. The summed E-state index contributed by atoms with van der Waals surface area (Å²) >= 11 is 0. The van der Waals surface area contributed by atoms with E-state index in [-0.39, 0.29) is 62.5 Å². The van der Waals surface area contributed by atoms with Crippen LogP contribution < -0.4 is 0 Å². The standard InChI is InChI=1S/C21H15F5O3S.C20H16F2O3S.C20H14F2O3S.C4H9F3Si.CH4/c22-16-6-9-18(19(23)11-16)14-4-7-17(8-5-14)30(28,29)12-13-2-1-3-15(10-13)20(27)21(24,25)26;2*21-17-6-9-19(20(22)11-17)16-4-7-18(8-5-16)26(24,25)13-15-3-1-2-14(10-15)12-23;1-8(2,3)4(5,6)7;/h1-11,20,27H,12H2;1-11,23H,12-13H2;1-12H,13H2;1-3H3;1H4/t20-;;;;/m1..../s1. The van der Waals surface area contributed by atoms with Gasteiger partial charge in [0.15, 0.2) is 43.7 Å². The molecule has 0 aliphatic rings. The molecular formula is C66H58F12O9S3Si. The van der Waals surface area contributed by atoms with Crippen LogP contribution in [0.25, 0.3) is 33.4 Å². The van der Waals surface area contributed by atoms with Gasteiger partial charge < -0.3 is 10.2 Å². The molecule has 0 aromatic heterocycles. The lowest BCUT2D eigenvalue weighted by atomic mass is 10.1. The number of carbonyl (C=O) groups is 1. The van der Waals surface area contributed by atoms with Crippen molar-refractivity contribution in [2.75, 3.05) is 0 Å². The van der Waals surface area contributed by atoms with Crippen molar-refractivity contribution in [2.45, 2.75) is 83.7 Å². The minimum Gasteiger partial charge on any atom is -0.392 e. The van der Waals surface area contributed by atoms with Crippen molar-refractivity contribution in [3.8, 4) is 33.4 Å². The molecule has 0 bridgehead atoms. The van der Waals surface area contributed by atoms with Crippen LogP contribution in [0, 0.1) is 34.9 Å². The normalized spacial score (nSPS) is 12.1. The molecule has 9 nitrogen and oxygen atoms in total. The number of sulfone groups is 3. The number of alkyl halides is 6. The van der Waals surface area contributed by atoms with Gasteiger partial charge in [0, 0.05) is 40.5 Å². The van der Waals surface area contributed by atoms with Gasteiger partial charge in [-0.2, -0.15) is 26.3 Å². The monoisotopic (exact) mass is 1350 g/mol. The third-order valence-electron chi connectivity index (χ3n) is 13.1. The van der Waals surface area contributed by atoms with E-state index < -0.39 is 102 Å². The van der Waals surface area contributed by atoms with Crippen molar-refractivity contribution in [1.29, 1.82) is 0 Å². The molecule has 91 heavy (non-hydrogen) atoms. The van der Waals surface area contributed by atoms with E-state index in [2.05, 4.69) is 0 Å². The van der Waals surface area contributed by atoms with Gasteiger partial charge in [-0.3, -0.25) is 4.79 Å². The SMILES string of the molecule is C.C[Si](C)(C)C(F)(F)F.O=Cc1cccc(CS(=O)(=O)c2ccc(-c3ccc(F)cc3F)cc2)c1.O=S(=O)(Cc1cccc(CO)c1)c1ccc(-c2ccc(F)cc2F)cc1.O=S(=O)(Cc1cccc([C@@H](O)C(F)(F)F)c1)c1ccc(-c2ccc(F)cc2F)cc1. The van der Waals surface area contributed by atoms with Crippen LogP contribution in [-0.4, -0.2) is 61.8 Å². The number of rotatable bonds is 15. The van der Waals surface area contributed by atoms with E-state index in [1.54, 1.807) is 42.5 Å². The fourth-order valence-corrected chi connectivity index (χ4v) is 12.2. The molecule has 25 heteroatoms. The zero-order chi connectivity index (χ0) is 66.6. The Morgan fingerprint density at radius 3 is 1.04 bits per heavy atom. The highest BCUT2D eigenvalue weighted by Gasteiger charge is 2.45. The van der Waals surface area contributed by atoms with E-state index in [0.29, 0.717) is 51.3 Å². The third-order valence-corrected chi connectivity index (χ3v) is 19.9. The number of aliphatic hydroxyl groups is 2. The molecule has 2 N–H and O–H groups in total. The fraction of sp³-hybridized carbons (Fsp3) is 0.167. The fourth-order valence-electron chi connectivity index (χ4n) is 8.22. The Labute approximate surface area is 519 Å². The minimum atomic E-state index is -4.87. The van der Waals surface area contributed by atoms with E-state index in [1.165, 1.54) is 129 Å². The number of carbonyl (C=O) groups excluding carboxylic acids is 1. The summed E-state index contributed by atoms with van der Waals surface area (Å²) in [6, 6.07) is 43.9. The molecule has 0 aliphatic carbocycles. The molecule has 9 aromatic rings. The van der Waals surface area contributed by atoms with Crippen molar-refractivity contribution in [3.63, 3.8) is 0 Å². The maximum Gasteiger partial charge on any atom is 0.418 e. The Balaban J connectivity index is 0.000000233. The van der Waals surface area contributed by atoms with Crippen LogP contribution >= 0.6 is 0 Å². The highest BCUT2D eigenvalue weighted by Crippen LogP contribution is 2.34. The number of halogens is 12. The molecule has 0 amide bonds. The quantitative estimate of drug-likeness (QED) is 0.0578. The molecule has 0 aliphatic heterocycles. The molecule has 0 spiro atoms. The third kappa shape index (κ3) is 20.7. The topological polar surface area (TPSA) is 160 Å². The second-order valence-electron chi connectivity index (χ2n) is 21.0. The van der Waals surface area contributed by atoms with Crippen molar-refractivity contribution in [1.82, 2.24) is 0 Å². The Morgan fingerprint density at radius 2 is 0.736 bits per heavy atom. The summed E-state index contributed by atoms with van der Waals surface area (Å²) in [7, 11) is -14.0. The summed E-state index contributed by atoms with van der Waals surface area (Å²) in [5.74, 6) is -9.28. The van der Waals surface area contributed by atoms with E-state index >= 15 is 0 Å². The van der Waals surface area contributed by atoms with Crippen molar-refractivity contribution in [3.05, 3.63) is 268 Å². The number of aliphatic hydroxyl groups excluding tert-OH is 2. The first-order valence-corrected chi connectivity index (χ1v) is 34.9. The first kappa shape index (κ1) is 73.5. The summed E-state index contributed by atoms with van der Waals surface area (Å²) in [4.78, 5) is 10.9. The van der Waals surface area contributed by atoms with Crippen LogP contribution in [0.1, 0.15) is 51.7 Å². The van der Waals surface area contributed by atoms with Crippen LogP contribution in [0.15, 0.2) is 215 Å². The van der Waals surface area contributed by atoms with Crippen molar-refractivity contribution < 1.29 is 92.9 Å². The van der Waals surface area contributed by atoms with Crippen LogP contribution in [0.3, 0.4) is 0 Å². The number of hydrogen-bond acceptors (Lipinski definition) is 9. The first-order chi connectivity index (χ1) is 42.0. The molecule has 0 saturated heterocycles. The zero-order valence-corrected chi connectivity index (χ0v) is 51.0. The molecule has 482 valence electrons. The van der Waals surface area contributed by atoms with Gasteiger partial charge in [0.2, 0.25) is 0 Å². The smallest absolute Gasteiger partial charge is 0.392 e. The van der Waals surface area contributed by atoms with Gasteiger partial charge >= 0.3 is 12.0 Å². The molecule has 0 heterocycles. The Morgan fingerprint density at radius 1 is 0.429 bits per heavy atom. The lowest BCUT2D eigenvalue weighted by Crippen LogP contribution is -2.40. The second kappa shape index (κ2) is 30.7. The second-order valence-corrected chi connectivity index (χ2v) is 32.0. The maximum absolute atomic E-state index is 13.9. The van der Waals surface area contributed by atoms with Gasteiger partial charge in [-0.15, -0.1) is 0 Å². The highest BCUT2D eigenvalue weighted by atomic mass is 32.2. The predicted molar refractivity (Wildman–Crippen MR) is 326 cm³/mol. The predicted octanol–water partition coefficient (Wildman–Crippen LogP) is 16.8. The van der Waals surface area contributed by atoms with E-state index in [9.17, 15) is 87.8 Å². The largest absolute Gasteiger partial charge is 0.418 e. The first-order valence-electron chi connectivity index (χ1n) is 26.5. The lowest BCUT2D eigenvalue weighted by Gasteiger charge is -2.19. The maximum atomic E-state index is 13.9. The number of hydrogen-bond donors (Lipinski definition) is 2. The van der Waals surface area contributed by atoms with Gasteiger partial charge in [-0.25, -0.2) is 51.6 Å². The molecule has 9 aromatic carbocycles. The molecule has 0 unspecified atom stereocenters. The summed E-state index contributed by atoms with van der Waals surface area (Å²) in [5, 5.41) is 18.5. The summed E-state index contributed by atoms with van der Waals surface area (Å²) in [5.41, 5.74) is 3.46. The summed E-state index contributed by atoms with van der Waals surface area (Å²) in [6.07, 6.45) is -6.93. The van der Waals surface area contributed by atoms with Gasteiger partial charge in [-0.1, -0.05) is 130 Å². The molecular weight excluding hydrogens is 1290 g/mol. The molecule has 0 radical (unpaired) electrons. The lowest BCUT2D eigenvalue weighted by molar-refractivity contribution is -0.206. The van der Waals surface area contributed by atoms with E-state index in [4.69, 9.17) is 5.11 Å². The summed E-state index contributed by atoms with van der Waals surface area (Å²) < 4.78 is 229. The number of aldehydes is 1. The average Bonchev–Trinajstić information content (AvgIpc) is 0.911.